The van der Waals surface area contributed by atoms with E-state index in [0.717, 1.165) is 12.8 Å². The second kappa shape index (κ2) is 6.91. The van der Waals surface area contributed by atoms with Crippen molar-refractivity contribution in [3.05, 3.63) is 24.3 Å². The minimum Gasteiger partial charge on any atom is -0.480 e. The maximum absolute atomic E-state index is 11.9. The van der Waals surface area contributed by atoms with Gasteiger partial charge >= 0.3 is 5.97 Å². The molecule has 1 aromatic rings. The molecule has 1 heterocycles. The van der Waals surface area contributed by atoms with Gasteiger partial charge in [0.05, 0.1) is 18.2 Å². The largest absolute Gasteiger partial charge is 0.480 e. The number of carboxylic acid groups (broad SMARTS) is 1. The fraction of sp³-hybridized carbons (Fsp3) is 0.429. The monoisotopic (exact) mass is 279 g/mol. The lowest BCUT2D eigenvalue weighted by molar-refractivity contribution is -0.139. The first-order chi connectivity index (χ1) is 9.65. The number of benzene rings is 1. The van der Waals surface area contributed by atoms with E-state index in [4.69, 9.17) is 14.6 Å². The number of hydrogen-bond acceptors (Lipinski definition) is 4. The topological polar surface area (TPSA) is 84.9 Å². The second-order valence-corrected chi connectivity index (χ2v) is 4.57. The number of aliphatic carboxylic acids is 1. The zero-order valence-electron chi connectivity index (χ0n) is 11.0. The van der Waals surface area contributed by atoms with E-state index in [0.29, 0.717) is 24.5 Å². The zero-order valence-corrected chi connectivity index (χ0v) is 11.0. The minimum atomic E-state index is -1.06. The predicted octanol–water partition coefficient (Wildman–Crippen LogP) is 1.66. The Kier molecular flexibility index (Phi) is 4.95. The molecule has 0 bridgehead atoms. The summed E-state index contributed by atoms with van der Waals surface area (Å²) >= 11 is 0. The number of para-hydroxylation sites is 2. The van der Waals surface area contributed by atoms with Gasteiger partial charge in [-0.05, 0) is 25.0 Å². The highest BCUT2D eigenvalue weighted by Crippen LogP contribution is 2.24. The quantitative estimate of drug-likeness (QED) is 0.827. The maximum Gasteiger partial charge on any atom is 0.341 e. The number of carboxylic acids is 1. The summed E-state index contributed by atoms with van der Waals surface area (Å²) in [6.45, 7) is 0.259. The van der Waals surface area contributed by atoms with Crippen molar-refractivity contribution in [2.24, 2.45) is 0 Å². The van der Waals surface area contributed by atoms with Crippen molar-refractivity contribution in [3.8, 4) is 5.75 Å². The summed E-state index contributed by atoms with van der Waals surface area (Å²) in [5, 5.41) is 11.3. The molecule has 0 saturated carbocycles. The highest BCUT2D eigenvalue weighted by atomic mass is 16.5. The highest BCUT2D eigenvalue weighted by molar-refractivity contribution is 5.92. The molecule has 2 rings (SSSR count). The van der Waals surface area contributed by atoms with Gasteiger partial charge in [0.2, 0.25) is 5.91 Å². The number of hydrogen-bond donors (Lipinski definition) is 2. The molecule has 1 atom stereocenters. The van der Waals surface area contributed by atoms with Crippen LogP contribution < -0.4 is 10.1 Å². The van der Waals surface area contributed by atoms with Gasteiger partial charge < -0.3 is 19.9 Å². The highest BCUT2D eigenvalue weighted by Gasteiger charge is 2.19. The Morgan fingerprint density at radius 1 is 1.40 bits per heavy atom. The van der Waals surface area contributed by atoms with Crippen LogP contribution in [0.5, 0.6) is 5.75 Å². The van der Waals surface area contributed by atoms with Crippen LogP contribution in [-0.2, 0) is 14.3 Å². The van der Waals surface area contributed by atoms with E-state index in [1.54, 1.807) is 24.3 Å². The van der Waals surface area contributed by atoms with Gasteiger partial charge in [0.1, 0.15) is 5.75 Å². The first kappa shape index (κ1) is 14.3. The van der Waals surface area contributed by atoms with Crippen molar-refractivity contribution >= 4 is 17.6 Å². The molecular weight excluding hydrogens is 262 g/mol. The fourth-order valence-electron chi connectivity index (χ4n) is 2.05. The van der Waals surface area contributed by atoms with E-state index in [1.807, 2.05) is 0 Å². The summed E-state index contributed by atoms with van der Waals surface area (Å²) in [4.78, 5) is 22.4. The van der Waals surface area contributed by atoms with Crippen LogP contribution in [0.2, 0.25) is 0 Å². The summed E-state index contributed by atoms with van der Waals surface area (Å²) in [5.41, 5.74) is 0.469. The van der Waals surface area contributed by atoms with E-state index < -0.39 is 12.6 Å². The van der Waals surface area contributed by atoms with Crippen molar-refractivity contribution in [2.45, 2.75) is 25.4 Å². The standard InChI is InChI=1S/C14H17NO5/c16-13(8-10-4-3-7-19-10)15-11-5-1-2-6-12(11)20-9-14(17)18/h1-2,5-6,10H,3-4,7-9H2,(H,15,16)(H,17,18). The lowest BCUT2D eigenvalue weighted by Gasteiger charge is -2.13. The number of rotatable bonds is 6. The molecule has 0 aromatic heterocycles. The molecule has 6 heteroatoms. The zero-order chi connectivity index (χ0) is 14.4. The molecule has 0 radical (unpaired) electrons. The fourth-order valence-corrected chi connectivity index (χ4v) is 2.05. The van der Waals surface area contributed by atoms with Gasteiger partial charge in [0, 0.05) is 6.61 Å². The molecule has 0 spiro atoms. The molecule has 1 saturated heterocycles. The summed E-state index contributed by atoms with van der Waals surface area (Å²) in [6, 6.07) is 6.75. The molecule has 1 aliphatic rings. The molecule has 1 amide bonds. The van der Waals surface area contributed by atoms with Crippen LogP contribution in [0.3, 0.4) is 0 Å². The van der Waals surface area contributed by atoms with Crippen LogP contribution in [0.4, 0.5) is 5.69 Å². The summed E-state index contributed by atoms with van der Waals surface area (Å²) in [6.07, 6.45) is 2.15. The Morgan fingerprint density at radius 3 is 2.90 bits per heavy atom. The van der Waals surface area contributed by atoms with Crippen molar-refractivity contribution in [3.63, 3.8) is 0 Å². The third kappa shape index (κ3) is 4.24. The molecule has 1 fully saturated rings. The van der Waals surface area contributed by atoms with Crippen molar-refractivity contribution in [2.75, 3.05) is 18.5 Å². The Balaban J connectivity index is 1.93. The maximum atomic E-state index is 11.9. The lowest BCUT2D eigenvalue weighted by atomic mass is 10.1. The van der Waals surface area contributed by atoms with Crippen LogP contribution in [0.25, 0.3) is 0 Å². The summed E-state index contributed by atoms with van der Waals surface area (Å²) in [5.74, 6) is -0.885. The number of amides is 1. The second-order valence-electron chi connectivity index (χ2n) is 4.57. The normalized spacial score (nSPS) is 17.7. The average Bonchev–Trinajstić information content (AvgIpc) is 2.90. The van der Waals surface area contributed by atoms with E-state index in [1.165, 1.54) is 0 Å². The van der Waals surface area contributed by atoms with Crippen LogP contribution >= 0.6 is 0 Å². The van der Waals surface area contributed by atoms with Gasteiger partial charge in [-0.1, -0.05) is 12.1 Å². The van der Waals surface area contributed by atoms with Crippen LogP contribution in [-0.4, -0.2) is 36.3 Å². The molecule has 108 valence electrons. The third-order valence-electron chi connectivity index (χ3n) is 2.95. The molecule has 2 N–H and O–H groups in total. The van der Waals surface area contributed by atoms with Gasteiger partial charge in [-0.2, -0.15) is 0 Å². The molecule has 20 heavy (non-hydrogen) atoms. The first-order valence-electron chi connectivity index (χ1n) is 6.50. The first-order valence-corrected chi connectivity index (χ1v) is 6.50. The Morgan fingerprint density at radius 2 is 2.20 bits per heavy atom. The van der Waals surface area contributed by atoms with Crippen molar-refractivity contribution in [1.82, 2.24) is 0 Å². The van der Waals surface area contributed by atoms with E-state index >= 15 is 0 Å². The molecule has 1 aromatic carbocycles. The van der Waals surface area contributed by atoms with Crippen molar-refractivity contribution < 1.29 is 24.2 Å². The Labute approximate surface area is 116 Å². The smallest absolute Gasteiger partial charge is 0.341 e. The van der Waals surface area contributed by atoms with Crippen molar-refractivity contribution in [1.29, 1.82) is 0 Å². The lowest BCUT2D eigenvalue weighted by Crippen LogP contribution is -2.20. The summed E-state index contributed by atoms with van der Waals surface area (Å²) < 4.78 is 10.5. The number of carbonyl (C=O) groups excluding carboxylic acids is 1. The molecule has 0 aliphatic carbocycles. The van der Waals surface area contributed by atoms with Crippen LogP contribution in [0.15, 0.2) is 24.3 Å². The molecule has 1 unspecified atom stereocenters. The Hall–Kier alpha value is -2.08. The van der Waals surface area contributed by atoms with E-state index in [2.05, 4.69) is 5.32 Å². The number of ether oxygens (including phenoxy) is 2. The third-order valence-corrected chi connectivity index (χ3v) is 2.95. The van der Waals surface area contributed by atoms with E-state index in [-0.39, 0.29) is 12.0 Å². The van der Waals surface area contributed by atoms with Gasteiger partial charge in [0.15, 0.2) is 6.61 Å². The van der Waals surface area contributed by atoms with E-state index in [9.17, 15) is 9.59 Å². The van der Waals surface area contributed by atoms with Gasteiger partial charge in [-0.25, -0.2) is 4.79 Å². The molecule has 6 nitrogen and oxygen atoms in total. The van der Waals surface area contributed by atoms with Crippen LogP contribution in [0.1, 0.15) is 19.3 Å². The summed E-state index contributed by atoms with van der Waals surface area (Å²) in [7, 11) is 0. The number of anilines is 1. The predicted molar refractivity (Wildman–Crippen MR) is 71.8 cm³/mol. The molecular formula is C14H17NO5. The minimum absolute atomic E-state index is 0.0258. The van der Waals surface area contributed by atoms with Gasteiger partial charge in [0.25, 0.3) is 0 Å². The van der Waals surface area contributed by atoms with Gasteiger partial charge in [-0.15, -0.1) is 0 Å². The number of nitrogens with one attached hydrogen (secondary N) is 1. The molecule has 1 aliphatic heterocycles. The van der Waals surface area contributed by atoms with Gasteiger partial charge in [-0.3, -0.25) is 4.79 Å². The Bertz CT molecular complexity index is 482. The SMILES string of the molecule is O=C(O)COc1ccccc1NC(=O)CC1CCCO1. The average molecular weight is 279 g/mol. The number of carbonyl (C=O) groups is 2. The van der Waals surface area contributed by atoms with Crippen LogP contribution in [0, 0.1) is 0 Å².